The van der Waals surface area contributed by atoms with E-state index in [1.54, 1.807) is 12.1 Å². The first-order valence-electron chi connectivity index (χ1n) is 3.75. The molecule has 0 spiro atoms. The Morgan fingerprint density at radius 1 is 1.07 bits per heavy atom. The minimum absolute atomic E-state index is 0.136. The van der Waals surface area contributed by atoms with Gasteiger partial charge in [-0.25, -0.2) is 12.7 Å². The number of nitrogens with zero attached hydrogens (tertiary/aromatic N) is 1. The van der Waals surface area contributed by atoms with Crippen LogP contribution in [0.25, 0.3) is 0 Å². The number of carbonyl (C=O) groups excluding carboxylic acids is 2. The van der Waals surface area contributed by atoms with Crippen molar-refractivity contribution in [1.29, 1.82) is 0 Å². The average molecular weight is 211 g/mol. The fourth-order valence-corrected chi connectivity index (χ4v) is 1.92. The van der Waals surface area contributed by atoms with Crippen LogP contribution < -0.4 is 4.31 Å². The lowest BCUT2D eigenvalue weighted by Gasteiger charge is -2.05. The predicted octanol–water partition coefficient (Wildman–Crippen LogP) is -0.258. The quantitative estimate of drug-likeness (QED) is 0.513. The number of anilines is 1. The van der Waals surface area contributed by atoms with Gasteiger partial charge in [0.25, 0.3) is 5.78 Å². The molecule has 2 rings (SSSR count). The molecule has 14 heavy (non-hydrogen) atoms. The van der Waals surface area contributed by atoms with Crippen molar-refractivity contribution in [3.8, 4) is 0 Å². The van der Waals surface area contributed by atoms with Crippen LogP contribution in [0.3, 0.4) is 0 Å². The number of thiol groups is 1. The third-order valence-corrected chi connectivity index (χ3v) is 2.65. The van der Waals surface area contributed by atoms with Crippen LogP contribution in [0.15, 0.2) is 24.3 Å². The Morgan fingerprint density at radius 3 is 2.36 bits per heavy atom. The molecule has 1 aliphatic rings. The van der Waals surface area contributed by atoms with E-state index in [1.807, 2.05) is 0 Å². The van der Waals surface area contributed by atoms with E-state index in [2.05, 4.69) is 0 Å². The molecule has 1 amide bonds. The summed E-state index contributed by atoms with van der Waals surface area (Å²) < 4.78 is 21.9. The fourth-order valence-electron chi connectivity index (χ4n) is 1.33. The Kier molecular flexibility index (Phi) is 1.85. The second kappa shape index (κ2) is 2.91. The third-order valence-electron chi connectivity index (χ3n) is 1.93. The Labute approximate surface area is 81.0 Å². The lowest BCUT2D eigenvalue weighted by Crippen LogP contribution is -2.27. The molecule has 1 aliphatic heterocycles. The van der Waals surface area contributed by atoms with Crippen molar-refractivity contribution in [3.63, 3.8) is 0 Å². The van der Waals surface area contributed by atoms with Crippen LogP contribution in [-0.2, 0) is 15.7 Å². The third kappa shape index (κ3) is 1.04. The highest BCUT2D eigenvalue weighted by molar-refractivity contribution is 7.75. The lowest BCUT2D eigenvalue weighted by atomic mass is 10.1. The first-order chi connectivity index (χ1) is 6.63. The topological polar surface area (TPSA) is 71.5 Å². The molecule has 1 aromatic rings. The van der Waals surface area contributed by atoms with Crippen LogP contribution in [0.5, 0.6) is 0 Å². The summed E-state index contributed by atoms with van der Waals surface area (Å²) >= 11 is 0. The van der Waals surface area contributed by atoms with Gasteiger partial charge in [0.15, 0.2) is 0 Å². The number of hydrogen-bond donors (Lipinski definition) is 1. The molecule has 0 atom stereocenters. The van der Waals surface area contributed by atoms with Gasteiger partial charge in [0.05, 0.1) is 11.3 Å². The van der Waals surface area contributed by atoms with Crippen molar-refractivity contribution >= 4 is 28.3 Å². The summed E-state index contributed by atoms with van der Waals surface area (Å²) in [7, 11) is -3.09. The van der Waals surface area contributed by atoms with E-state index >= 15 is 0 Å². The Bertz CT molecular complexity index is 498. The maximum absolute atomic E-state index is 11.3. The Morgan fingerprint density at radius 2 is 1.71 bits per heavy atom. The number of benzene rings is 1. The minimum atomic E-state index is -3.09. The summed E-state index contributed by atoms with van der Waals surface area (Å²) in [6.45, 7) is 0. The maximum Gasteiger partial charge on any atom is 0.313 e. The van der Waals surface area contributed by atoms with Crippen molar-refractivity contribution in [2.45, 2.75) is 0 Å². The molecule has 1 heterocycles. The smallest absolute Gasteiger partial charge is 0.283 e. The SMILES string of the molecule is O=C1C(=O)N([SH](=O)=O)c2ccccc21. The van der Waals surface area contributed by atoms with E-state index in [4.69, 9.17) is 0 Å². The highest BCUT2D eigenvalue weighted by Gasteiger charge is 2.37. The van der Waals surface area contributed by atoms with Gasteiger partial charge in [-0.05, 0) is 12.1 Å². The van der Waals surface area contributed by atoms with Crippen molar-refractivity contribution in [1.82, 2.24) is 0 Å². The number of fused-ring (bicyclic) bond motifs is 1. The molecule has 0 saturated carbocycles. The van der Waals surface area contributed by atoms with Gasteiger partial charge in [-0.15, -0.1) is 0 Å². The summed E-state index contributed by atoms with van der Waals surface area (Å²) in [5.74, 6) is -1.79. The highest BCUT2D eigenvalue weighted by Crippen LogP contribution is 2.28. The van der Waals surface area contributed by atoms with E-state index in [-0.39, 0.29) is 11.3 Å². The van der Waals surface area contributed by atoms with Gasteiger partial charge < -0.3 is 0 Å². The van der Waals surface area contributed by atoms with Crippen molar-refractivity contribution in [2.24, 2.45) is 0 Å². The van der Waals surface area contributed by atoms with Gasteiger partial charge in [-0.3, -0.25) is 9.59 Å². The molecule has 0 aliphatic carbocycles. The van der Waals surface area contributed by atoms with Gasteiger partial charge in [0.2, 0.25) is 10.9 Å². The zero-order chi connectivity index (χ0) is 10.3. The van der Waals surface area contributed by atoms with Crippen LogP contribution in [-0.4, -0.2) is 20.1 Å². The zero-order valence-corrected chi connectivity index (χ0v) is 7.73. The first-order valence-corrected chi connectivity index (χ1v) is 4.88. The fraction of sp³-hybridized carbons (Fsp3) is 0. The number of ketones is 1. The maximum atomic E-state index is 11.3. The summed E-state index contributed by atoms with van der Waals surface area (Å²) in [6.07, 6.45) is 0. The van der Waals surface area contributed by atoms with Crippen LogP contribution in [0.2, 0.25) is 0 Å². The van der Waals surface area contributed by atoms with Gasteiger partial charge >= 0.3 is 5.91 Å². The van der Waals surface area contributed by atoms with E-state index in [1.165, 1.54) is 12.1 Å². The van der Waals surface area contributed by atoms with E-state index in [0.717, 1.165) is 0 Å². The summed E-state index contributed by atoms with van der Waals surface area (Å²) in [5.41, 5.74) is 0.273. The Balaban J connectivity index is 2.70. The molecular weight excluding hydrogens is 206 g/mol. The number of rotatable bonds is 1. The second-order valence-electron chi connectivity index (χ2n) is 2.70. The number of para-hydroxylation sites is 1. The molecule has 0 N–H and O–H groups in total. The highest BCUT2D eigenvalue weighted by atomic mass is 32.2. The van der Waals surface area contributed by atoms with E-state index < -0.39 is 22.6 Å². The number of amides is 1. The van der Waals surface area contributed by atoms with Crippen molar-refractivity contribution in [3.05, 3.63) is 29.8 Å². The van der Waals surface area contributed by atoms with Crippen LogP contribution >= 0.6 is 0 Å². The molecule has 72 valence electrons. The number of carbonyl (C=O) groups is 2. The molecular formula is C8H5NO4S. The van der Waals surface area contributed by atoms with Crippen molar-refractivity contribution < 1.29 is 18.0 Å². The minimum Gasteiger partial charge on any atom is -0.283 e. The summed E-state index contributed by atoms with van der Waals surface area (Å²) in [4.78, 5) is 22.4. The number of Topliss-reactive ketones (excluding diaryl/α,β-unsaturated/α-hetero) is 1. The molecule has 5 nitrogen and oxygen atoms in total. The second-order valence-corrected chi connectivity index (χ2v) is 3.58. The molecule has 0 aromatic heterocycles. The summed E-state index contributed by atoms with van der Waals surface area (Å²) in [6, 6.07) is 5.99. The van der Waals surface area contributed by atoms with Gasteiger partial charge in [-0.2, -0.15) is 0 Å². The molecule has 0 fully saturated rings. The van der Waals surface area contributed by atoms with Crippen molar-refractivity contribution in [2.75, 3.05) is 4.31 Å². The molecule has 0 unspecified atom stereocenters. The normalized spacial score (nSPS) is 15.1. The van der Waals surface area contributed by atoms with Gasteiger partial charge in [0, 0.05) is 0 Å². The molecule has 6 heteroatoms. The van der Waals surface area contributed by atoms with E-state index in [9.17, 15) is 18.0 Å². The van der Waals surface area contributed by atoms with Gasteiger partial charge in [-0.1, -0.05) is 12.1 Å². The molecule has 0 bridgehead atoms. The first kappa shape index (κ1) is 8.89. The molecule has 1 aromatic carbocycles. The lowest BCUT2D eigenvalue weighted by molar-refractivity contribution is -0.113. The standard InChI is InChI=1S/C8H5NO4S/c10-7-5-3-1-2-4-6(5)9(8(7)11)14(12)13/h1-4,14H. The Hall–Kier alpha value is -1.69. The zero-order valence-electron chi connectivity index (χ0n) is 6.84. The predicted molar refractivity (Wildman–Crippen MR) is 48.6 cm³/mol. The molecule has 0 radical (unpaired) electrons. The average Bonchev–Trinajstić information content (AvgIpc) is 2.41. The largest absolute Gasteiger partial charge is 0.313 e. The van der Waals surface area contributed by atoms with Crippen LogP contribution in [0, 0.1) is 0 Å². The van der Waals surface area contributed by atoms with Gasteiger partial charge in [0.1, 0.15) is 0 Å². The molecule has 0 saturated heterocycles. The van der Waals surface area contributed by atoms with E-state index in [0.29, 0.717) is 4.31 Å². The van der Waals surface area contributed by atoms with Crippen LogP contribution in [0.4, 0.5) is 5.69 Å². The summed E-state index contributed by atoms with van der Waals surface area (Å²) in [5, 5.41) is 0. The van der Waals surface area contributed by atoms with Crippen LogP contribution in [0.1, 0.15) is 10.4 Å². The monoisotopic (exact) mass is 211 g/mol. The number of hydrogen-bond acceptors (Lipinski definition) is 4.